The standard InChI is InChI=1S/C25H18BrClFN3O7/c1-36-24(34)20-7-6-16(38-20)11-31-23(33)19(30-25(31)35)10-13-8-17(26)22(18(27)9-13)37-12-21(32)29-15-4-2-14(28)3-5-15/h2-10H,11-12H2,1H3,(H,29,32)(H,30,35)/b19-10-. The molecule has 0 unspecified atom stereocenters. The quantitative estimate of drug-likeness (QED) is 0.216. The van der Waals surface area contributed by atoms with Crippen LogP contribution in [-0.4, -0.2) is 42.4 Å². The summed E-state index contributed by atoms with van der Waals surface area (Å²) in [7, 11) is 1.20. The van der Waals surface area contributed by atoms with Crippen LogP contribution in [-0.2, 0) is 20.9 Å². The Bertz CT molecular complexity index is 1430. The van der Waals surface area contributed by atoms with Gasteiger partial charge in [0, 0.05) is 5.69 Å². The number of esters is 1. The van der Waals surface area contributed by atoms with Crippen molar-refractivity contribution in [1.82, 2.24) is 10.2 Å². The Morgan fingerprint density at radius 2 is 1.92 bits per heavy atom. The van der Waals surface area contributed by atoms with Gasteiger partial charge in [-0.3, -0.25) is 14.5 Å². The van der Waals surface area contributed by atoms with Crippen LogP contribution in [0.2, 0.25) is 5.02 Å². The van der Waals surface area contributed by atoms with Gasteiger partial charge >= 0.3 is 12.0 Å². The number of halogens is 3. The second kappa shape index (κ2) is 11.5. The van der Waals surface area contributed by atoms with Crippen LogP contribution in [0.4, 0.5) is 14.9 Å². The first-order valence-electron chi connectivity index (χ1n) is 10.8. The Kier molecular flexibility index (Phi) is 8.13. The molecule has 0 bridgehead atoms. The molecule has 1 aliphatic rings. The molecule has 2 N–H and O–H groups in total. The SMILES string of the molecule is COC(=O)c1ccc(CN2C(=O)N/C(=C\c3cc(Cl)c(OCC(=O)Nc4ccc(F)cc4)c(Br)c3)C2=O)o1. The van der Waals surface area contributed by atoms with Crippen LogP contribution in [0, 0.1) is 5.82 Å². The monoisotopic (exact) mass is 605 g/mol. The lowest BCUT2D eigenvalue weighted by Crippen LogP contribution is -2.30. The maximum Gasteiger partial charge on any atom is 0.373 e. The highest BCUT2D eigenvalue weighted by Crippen LogP contribution is 2.35. The maximum atomic E-state index is 13.0. The molecule has 1 saturated heterocycles. The van der Waals surface area contributed by atoms with Gasteiger partial charge in [-0.05, 0) is 76.1 Å². The lowest BCUT2D eigenvalue weighted by atomic mass is 10.2. The van der Waals surface area contributed by atoms with Crippen LogP contribution in [0.5, 0.6) is 5.75 Å². The Labute approximate surface area is 228 Å². The number of carbonyl (C=O) groups excluding carboxylic acids is 4. The van der Waals surface area contributed by atoms with E-state index >= 15 is 0 Å². The van der Waals surface area contributed by atoms with E-state index in [9.17, 15) is 23.6 Å². The molecule has 1 fully saturated rings. The zero-order valence-corrected chi connectivity index (χ0v) is 21.9. The molecule has 1 aromatic heterocycles. The third-order valence-corrected chi connectivity index (χ3v) is 6.00. The third kappa shape index (κ3) is 6.21. The molecule has 196 valence electrons. The molecule has 0 atom stereocenters. The molecule has 2 heterocycles. The molecule has 3 aromatic rings. The van der Waals surface area contributed by atoms with Crippen molar-refractivity contribution in [3.05, 3.63) is 86.6 Å². The van der Waals surface area contributed by atoms with Crippen LogP contribution >= 0.6 is 27.5 Å². The fraction of sp³-hybridized carbons (Fsp3) is 0.120. The van der Waals surface area contributed by atoms with Gasteiger partial charge in [-0.25, -0.2) is 14.0 Å². The summed E-state index contributed by atoms with van der Waals surface area (Å²) in [6, 6.07) is 10.5. The fourth-order valence-electron chi connectivity index (χ4n) is 3.38. The van der Waals surface area contributed by atoms with Gasteiger partial charge in [0.25, 0.3) is 11.8 Å². The predicted octanol–water partition coefficient (Wildman–Crippen LogP) is 4.73. The average Bonchev–Trinajstić information content (AvgIpc) is 3.45. The van der Waals surface area contributed by atoms with Crippen molar-refractivity contribution >= 4 is 63.1 Å². The number of imide groups is 1. The first-order valence-corrected chi connectivity index (χ1v) is 12.0. The van der Waals surface area contributed by atoms with Gasteiger partial charge in [0.2, 0.25) is 5.76 Å². The molecule has 4 amide bonds. The van der Waals surface area contributed by atoms with Gasteiger partial charge in [0.1, 0.15) is 17.3 Å². The predicted molar refractivity (Wildman–Crippen MR) is 137 cm³/mol. The number of ether oxygens (including phenoxy) is 2. The summed E-state index contributed by atoms with van der Waals surface area (Å²) in [6.45, 7) is -0.569. The zero-order chi connectivity index (χ0) is 27.4. The van der Waals surface area contributed by atoms with E-state index < -0.39 is 29.6 Å². The van der Waals surface area contributed by atoms with Gasteiger partial charge in [0.15, 0.2) is 12.4 Å². The smallest absolute Gasteiger partial charge is 0.373 e. The zero-order valence-electron chi connectivity index (χ0n) is 19.5. The molecular weight excluding hydrogens is 589 g/mol. The minimum absolute atomic E-state index is 0.00921. The Morgan fingerprint density at radius 3 is 2.61 bits per heavy atom. The summed E-state index contributed by atoms with van der Waals surface area (Å²) in [4.78, 5) is 49.8. The molecule has 0 radical (unpaired) electrons. The van der Waals surface area contributed by atoms with Gasteiger partial charge in [-0.2, -0.15) is 0 Å². The molecule has 10 nitrogen and oxygen atoms in total. The number of furan rings is 1. The van der Waals surface area contributed by atoms with Crippen molar-refractivity contribution in [3.8, 4) is 5.75 Å². The second-order valence-corrected chi connectivity index (χ2v) is 9.06. The van der Waals surface area contributed by atoms with Crippen molar-refractivity contribution in [1.29, 1.82) is 0 Å². The molecule has 0 spiro atoms. The number of hydrogen-bond donors (Lipinski definition) is 2. The van der Waals surface area contributed by atoms with E-state index in [2.05, 4.69) is 31.3 Å². The fourth-order valence-corrected chi connectivity index (χ4v) is 4.37. The van der Waals surface area contributed by atoms with E-state index in [-0.39, 0.29) is 41.1 Å². The lowest BCUT2D eigenvalue weighted by Gasteiger charge is -2.12. The number of carbonyl (C=O) groups is 4. The van der Waals surface area contributed by atoms with Crippen LogP contribution < -0.4 is 15.4 Å². The summed E-state index contributed by atoms with van der Waals surface area (Å²) in [5.41, 5.74) is 0.854. The minimum atomic E-state index is -0.683. The number of nitrogens with one attached hydrogen (secondary N) is 2. The third-order valence-electron chi connectivity index (χ3n) is 5.13. The number of benzene rings is 2. The van der Waals surface area contributed by atoms with E-state index in [1.807, 2.05) is 0 Å². The molecule has 38 heavy (non-hydrogen) atoms. The van der Waals surface area contributed by atoms with Crippen molar-refractivity contribution in [2.24, 2.45) is 0 Å². The van der Waals surface area contributed by atoms with Crippen LogP contribution in [0.3, 0.4) is 0 Å². The summed E-state index contributed by atoms with van der Waals surface area (Å²) in [5, 5.41) is 5.19. The summed E-state index contributed by atoms with van der Waals surface area (Å²) in [5.74, 6) is -1.87. The Balaban J connectivity index is 1.41. The average molecular weight is 607 g/mol. The highest BCUT2D eigenvalue weighted by Gasteiger charge is 2.34. The summed E-state index contributed by atoms with van der Waals surface area (Å²) < 4.78 is 28.8. The largest absolute Gasteiger partial charge is 0.481 e. The number of methoxy groups -OCH3 is 1. The van der Waals surface area contributed by atoms with Gasteiger partial charge in [0.05, 0.1) is 23.1 Å². The molecular formula is C25H18BrClFN3O7. The number of hydrogen-bond acceptors (Lipinski definition) is 7. The normalized spacial score (nSPS) is 14.0. The van der Waals surface area contributed by atoms with Crippen LogP contribution in [0.25, 0.3) is 6.08 Å². The van der Waals surface area contributed by atoms with E-state index in [0.717, 1.165) is 4.90 Å². The number of rotatable bonds is 8. The molecule has 13 heteroatoms. The first-order chi connectivity index (χ1) is 18.1. The van der Waals surface area contributed by atoms with E-state index in [1.54, 1.807) is 6.07 Å². The molecule has 2 aromatic carbocycles. The molecule has 0 saturated carbocycles. The lowest BCUT2D eigenvalue weighted by molar-refractivity contribution is -0.123. The number of nitrogens with zero attached hydrogens (tertiary/aromatic N) is 1. The van der Waals surface area contributed by atoms with Crippen molar-refractivity contribution in [3.63, 3.8) is 0 Å². The second-order valence-electron chi connectivity index (χ2n) is 7.79. The van der Waals surface area contributed by atoms with Crippen molar-refractivity contribution < 1.29 is 37.5 Å². The maximum absolute atomic E-state index is 13.0. The van der Waals surface area contributed by atoms with Crippen LogP contribution in [0.1, 0.15) is 21.9 Å². The highest BCUT2D eigenvalue weighted by atomic mass is 79.9. The molecule has 4 rings (SSSR count). The number of urea groups is 1. The molecule has 0 aliphatic carbocycles. The van der Waals surface area contributed by atoms with E-state index in [4.69, 9.17) is 20.8 Å². The molecule has 1 aliphatic heterocycles. The number of amides is 4. The number of anilines is 1. The highest BCUT2D eigenvalue weighted by molar-refractivity contribution is 9.10. The van der Waals surface area contributed by atoms with Gasteiger partial charge in [-0.15, -0.1) is 0 Å². The summed E-state index contributed by atoms with van der Waals surface area (Å²) in [6.07, 6.45) is 1.42. The van der Waals surface area contributed by atoms with E-state index in [1.165, 1.54) is 55.7 Å². The van der Waals surface area contributed by atoms with Crippen LogP contribution in [0.15, 0.2) is 63.1 Å². The Morgan fingerprint density at radius 1 is 1.18 bits per heavy atom. The minimum Gasteiger partial charge on any atom is -0.481 e. The summed E-state index contributed by atoms with van der Waals surface area (Å²) >= 11 is 9.66. The first kappa shape index (κ1) is 26.9. The topological polar surface area (TPSA) is 127 Å². The van der Waals surface area contributed by atoms with Gasteiger partial charge < -0.3 is 24.5 Å². The van der Waals surface area contributed by atoms with Gasteiger partial charge in [-0.1, -0.05) is 11.6 Å². The Hall–Kier alpha value is -4.16. The van der Waals surface area contributed by atoms with Crippen molar-refractivity contribution in [2.75, 3.05) is 19.0 Å². The van der Waals surface area contributed by atoms with E-state index in [0.29, 0.717) is 15.7 Å². The van der Waals surface area contributed by atoms with Crippen molar-refractivity contribution in [2.45, 2.75) is 6.54 Å².